The van der Waals surface area contributed by atoms with Crippen molar-refractivity contribution >= 4 is 15.7 Å². The number of hydrogen-bond acceptors (Lipinski definition) is 5. The van der Waals surface area contributed by atoms with Crippen molar-refractivity contribution in [3.63, 3.8) is 0 Å². The smallest absolute Gasteiger partial charge is 0.265 e. The molecule has 0 aliphatic carbocycles. The maximum Gasteiger partial charge on any atom is 0.265 e. The summed E-state index contributed by atoms with van der Waals surface area (Å²) in [5, 5.41) is 0. The molecule has 0 aliphatic heterocycles. The number of hydrogen-bond donors (Lipinski definition) is 1. The van der Waals surface area contributed by atoms with Crippen molar-refractivity contribution in [2.75, 3.05) is 18.9 Å². The highest BCUT2D eigenvalue weighted by molar-refractivity contribution is 7.92. The van der Waals surface area contributed by atoms with E-state index in [0.29, 0.717) is 11.4 Å². The summed E-state index contributed by atoms with van der Waals surface area (Å²) in [6.45, 7) is 0. The Morgan fingerprint density at radius 2 is 1.65 bits per heavy atom. The molecule has 0 bridgehead atoms. The van der Waals surface area contributed by atoms with Gasteiger partial charge in [-0.3, -0.25) is 9.71 Å². The third-order valence-corrected chi connectivity index (χ3v) is 5.16. The molecule has 134 valence electrons. The maximum absolute atomic E-state index is 12.8. The first-order chi connectivity index (χ1) is 12.5. The van der Waals surface area contributed by atoms with E-state index in [2.05, 4.69) is 9.71 Å². The number of anilines is 1. The zero-order chi connectivity index (χ0) is 18.6. The molecule has 0 amide bonds. The molecule has 0 radical (unpaired) electrons. The van der Waals surface area contributed by atoms with Gasteiger partial charge in [0, 0.05) is 17.8 Å². The van der Waals surface area contributed by atoms with E-state index in [-0.39, 0.29) is 10.6 Å². The lowest BCUT2D eigenvalue weighted by Gasteiger charge is -2.13. The zero-order valence-corrected chi connectivity index (χ0v) is 15.2. The highest BCUT2D eigenvalue weighted by atomic mass is 32.2. The SMILES string of the molecule is COc1ccc(OC)c(S(=O)(=O)Nc2cncc(-c3ccccc3)c2)c1. The van der Waals surface area contributed by atoms with Crippen LogP contribution in [-0.4, -0.2) is 27.6 Å². The van der Waals surface area contributed by atoms with Crippen LogP contribution in [0.4, 0.5) is 5.69 Å². The largest absolute Gasteiger partial charge is 0.497 e. The van der Waals surface area contributed by atoms with Crippen LogP contribution in [-0.2, 0) is 10.0 Å². The van der Waals surface area contributed by atoms with E-state index in [1.54, 1.807) is 24.4 Å². The molecular formula is C19H18N2O4S. The molecule has 0 atom stereocenters. The van der Waals surface area contributed by atoms with Crippen LogP contribution in [0.3, 0.4) is 0 Å². The van der Waals surface area contributed by atoms with Gasteiger partial charge in [-0.05, 0) is 23.8 Å². The normalized spacial score (nSPS) is 11.0. The highest BCUT2D eigenvalue weighted by Crippen LogP contribution is 2.30. The van der Waals surface area contributed by atoms with E-state index in [9.17, 15) is 8.42 Å². The minimum absolute atomic E-state index is 0.00976. The number of aromatic nitrogens is 1. The van der Waals surface area contributed by atoms with Crippen molar-refractivity contribution in [3.05, 3.63) is 67.0 Å². The Kier molecular flexibility index (Phi) is 5.09. The summed E-state index contributed by atoms with van der Waals surface area (Å²) in [5.41, 5.74) is 2.11. The Hall–Kier alpha value is -3.06. The average molecular weight is 370 g/mol. The first-order valence-corrected chi connectivity index (χ1v) is 9.27. The molecule has 0 saturated heterocycles. The molecule has 3 rings (SSSR count). The Bertz CT molecular complexity index is 1010. The number of benzene rings is 2. The summed E-state index contributed by atoms with van der Waals surface area (Å²) < 4.78 is 38.5. The molecule has 26 heavy (non-hydrogen) atoms. The van der Waals surface area contributed by atoms with Gasteiger partial charge in [0.25, 0.3) is 10.0 Å². The van der Waals surface area contributed by atoms with E-state index in [1.807, 2.05) is 30.3 Å². The maximum atomic E-state index is 12.8. The number of pyridine rings is 1. The minimum Gasteiger partial charge on any atom is -0.497 e. The van der Waals surface area contributed by atoms with Crippen molar-refractivity contribution in [3.8, 4) is 22.6 Å². The first-order valence-electron chi connectivity index (χ1n) is 7.79. The van der Waals surface area contributed by atoms with Crippen molar-refractivity contribution in [2.45, 2.75) is 4.90 Å². The molecular weight excluding hydrogens is 352 g/mol. The van der Waals surface area contributed by atoms with Gasteiger partial charge in [0.1, 0.15) is 16.4 Å². The summed E-state index contributed by atoms with van der Waals surface area (Å²) >= 11 is 0. The Morgan fingerprint density at radius 3 is 2.35 bits per heavy atom. The van der Waals surface area contributed by atoms with Gasteiger partial charge in [-0.15, -0.1) is 0 Å². The fraction of sp³-hybridized carbons (Fsp3) is 0.105. The second kappa shape index (κ2) is 7.45. The molecule has 0 saturated carbocycles. The summed E-state index contributed by atoms with van der Waals surface area (Å²) in [4.78, 5) is 4.12. The topological polar surface area (TPSA) is 77.5 Å². The van der Waals surface area contributed by atoms with Crippen LogP contribution in [0.1, 0.15) is 0 Å². The number of ether oxygens (including phenoxy) is 2. The van der Waals surface area contributed by atoms with Crippen LogP contribution in [0.15, 0.2) is 71.9 Å². The summed E-state index contributed by atoms with van der Waals surface area (Å²) in [6.07, 6.45) is 3.13. The van der Waals surface area contributed by atoms with Crippen LogP contribution < -0.4 is 14.2 Å². The Morgan fingerprint density at radius 1 is 0.885 bits per heavy atom. The highest BCUT2D eigenvalue weighted by Gasteiger charge is 2.21. The molecule has 7 heteroatoms. The van der Waals surface area contributed by atoms with Crippen LogP contribution in [0.25, 0.3) is 11.1 Å². The molecule has 0 aliphatic rings. The number of methoxy groups -OCH3 is 2. The van der Waals surface area contributed by atoms with Gasteiger partial charge in [-0.25, -0.2) is 8.42 Å². The molecule has 1 heterocycles. The lowest BCUT2D eigenvalue weighted by molar-refractivity contribution is 0.392. The van der Waals surface area contributed by atoms with Gasteiger partial charge in [0.2, 0.25) is 0 Å². The predicted molar refractivity (Wildman–Crippen MR) is 100 cm³/mol. The molecule has 0 fully saturated rings. The summed E-state index contributed by atoms with van der Waals surface area (Å²) in [6, 6.07) is 15.9. The molecule has 6 nitrogen and oxygen atoms in total. The Balaban J connectivity index is 1.96. The van der Waals surface area contributed by atoms with Crippen LogP contribution in [0.5, 0.6) is 11.5 Å². The lowest BCUT2D eigenvalue weighted by Crippen LogP contribution is -2.14. The van der Waals surface area contributed by atoms with E-state index < -0.39 is 10.0 Å². The summed E-state index contributed by atoms with van der Waals surface area (Å²) in [7, 11) is -0.996. The number of nitrogens with zero attached hydrogens (tertiary/aromatic N) is 1. The van der Waals surface area contributed by atoms with Crippen LogP contribution in [0, 0.1) is 0 Å². The van der Waals surface area contributed by atoms with Gasteiger partial charge >= 0.3 is 0 Å². The van der Waals surface area contributed by atoms with E-state index in [4.69, 9.17) is 9.47 Å². The van der Waals surface area contributed by atoms with E-state index in [0.717, 1.165) is 11.1 Å². The lowest BCUT2D eigenvalue weighted by atomic mass is 10.1. The predicted octanol–water partition coefficient (Wildman–Crippen LogP) is 3.57. The standard InChI is InChI=1S/C19H18N2O4S/c1-24-17-8-9-18(25-2)19(11-17)26(22,23)21-16-10-15(12-20-13-16)14-6-4-3-5-7-14/h3-13,21H,1-2H3. The molecule has 3 aromatic rings. The van der Waals surface area contributed by atoms with Crippen molar-refractivity contribution in [2.24, 2.45) is 0 Å². The zero-order valence-electron chi connectivity index (χ0n) is 14.3. The van der Waals surface area contributed by atoms with E-state index >= 15 is 0 Å². The third-order valence-electron chi connectivity index (χ3n) is 3.76. The molecule has 1 N–H and O–H groups in total. The first kappa shape index (κ1) is 17.8. The second-order valence-electron chi connectivity index (χ2n) is 5.45. The molecule has 0 spiro atoms. The second-order valence-corrected chi connectivity index (χ2v) is 7.10. The third kappa shape index (κ3) is 3.78. The van der Waals surface area contributed by atoms with E-state index in [1.165, 1.54) is 26.5 Å². The fourth-order valence-corrected chi connectivity index (χ4v) is 3.71. The molecule has 0 unspecified atom stereocenters. The number of rotatable bonds is 6. The monoisotopic (exact) mass is 370 g/mol. The van der Waals surface area contributed by atoms with Crippen LogP contribution in [0.2, 0.25) is 0 Å². The van der Waals surface area contributed by atoms with Crippen LogP contribution >= 0.6 is 0 Å². The number of sulfonamides is 1. The molecule has 2 aromatic carbocycles. The van der Waals surface area contributed by atoms with Crippen molar-refractivity contribution in [1.29, 1.82) is 0 Å². The van der Waals surface area contributed by atoms with Gasteiger partial charge < -0.3 is 9.47 Å². The molecule has 1 aromatic heterocycles. The van der Waals surface area contributed by atoms with Gasteiger partial charge in [-0.2, -0.15) is 0 Å². The van der Waals surface area contributed by atoms with Gasteiger partial charge in [0.05, 0.1) is 26.1 Å². The quantitative estimate of drug-likeness (QED) is 0.718. The minimum atomic E-state index is -3.88. The van der Waals surface area contributed by atoms with Gasteiger partial charge in [-0.1, -0.05) is 30.3 Å². The summed E-state index contributed by atoms with van der Waals surface area (Å²) in [5.74, 6) is 0.646. The van der Waals surface area contributed by atoms with Crippen molar-refractivity contribution < 1.29 is 17.9 Å². The average Bonchev–Trinajstić information content (AvgIpc) is 2.68. The fourth-order valence-electron chi connectivity index (χ4n) is 2.49. The number of nitrogens with one attached hydrogen (secondary N) is 1. The van der Waals surface area contributed by atoms with Gasteiger partial charge in [0.15, 0.2) is 0 Å². The Labute approximate surface area is 152 Å². The van der Waals surface area contributed by atoms with Crippen molar-refractivity contribution in [1.82, 2.24) is 4.98 Å².